The molecule has 0 radical (unpaired) electrons. The fourth-order valence-corrected chi connectivity index (χ4v) is 1.92. The van der Waals surface area contributed by atoms with Crippen molar-refractivity contribution in [3.05, 3.63) is 0 Å². The summed E-state index contributed by atoms with van der Waals surface area (Å²) in [6, 6.07) is 0. The molecule has 3 nitrogen and oxygen atoms in total. The van der Waals surface area contributed by atoms with Crippen molar-refractivity contribution in [1.82, 2.24) is 0 Å². The third kappa shape index (κ3) is 3.29. The summed E-state index contributed by atoms with van der Waals surface area (Å²) in [5.74, 6) is -0.179. The molecule has 3 atom stereocenters. The molecule has 0 N–H and O–H groups in total. The molecule has 1 rings (SSSR count). The number of hydrogen-bond donors (Lipinski definition) is 0. The van der Waals surface area contributed by atoms with Gasteiger partial charge in [-0.1, -0.05) is 13.8 Å². The van der Waals surface area contributed by atoms with Gasteiger partial charge >= 0.3 is 5.97 Å². The Bertz CT molecular complexity index is 179. The minimum absolute atomic E-state index is 0.0659. The van der Waals surface area contributed by atoms with Crippen LogP contribution in [0.25, 0.3) is 0 Å². The molecule has 0 bridgehead atoms. The van der Waals surface area contributed by atoms with Crippen LogP contribution in [0.15, 0.2) is 0 Å². The largest absolute Gasteiger partial charge is 0.462 e. The van der Waals surface area contributed by atoms with E-state index in [1.807, 2.05) is 0 Å². The minimum Gasteiger partial charge on any atom is -0.462 e. The fourth-order valence-electron chi connectivity index (χ4n) is 1.92. The Morgan fingerprint density at radius 3 is 2.14 bits per heavy atom. The predicted octanol–water partition coefficient (Wildman–Crippen LogP) is 2.29. The van der Waals surface area contributed by atoms with Crippen LogP contribution in [0.5, 0.6) is 0 Å². The number of esters is 1. The number of rotatable bonds is 3. The van der Waals surface area contributed by atoms with Crippen LogP contribution in [0, 0.1) is 0 Å². The van der Waals surface area contributed by atoms with E-state index in [4.69, 9.17) is 9.47 Å². The van der Waals surface area contributed by atoms with Crippen LogP contribution in [0.4, 0.5) is 0 Å². The summed E-state index contributed by atoms with van der Waals surface area (Å²) in [5, 5.41) is 0. The summed E-state index contributed by atoms with van der Waals surface area (Å²) < 4.78 is 11.0. The third-order valence-electron chi connectivity index (χ3n) is 2.68. The molecule has 0 aliphatic carbocycles. The second kappa shape index (κ2) is 5.35. The number of carbonyl (C=O) groups is 1. The standard InChI is InChI=1S/C11H20O3/c1-4-9-6-11(13-8(3)12)7-10(5-2)14-9/h9-11H,4-7H2,1-3H3/t9-,10+,11?/i14+2. The quantitative estimate of drug-likeness (QED) is 0.520. The summed E-state index contributed by atoms with van der Waals surface area (Å²) in [5.41, 5.74) is 0. The smallest absolute Gasteiger partial charge is 0.302 e. The second-order valence-electron chi connectivity index (χ2n) is 3.90. The molecule has 0 aromatic heterocycles. The molecule has 1 fully saturated rings. The number of carbonyl (C=O) groups excluding carboxylic acids is 1. The number of hydrogen-bond acceptors (Lipinski definition) is 3. The van der Waals surface area contributed by atoms with E-state index in [1.165, 1.54) is 6.92 Å². The highest BCUT2D eigenvalue weighted by Gasteiger charge is 2.29. The van der Waals surface area contributed by atoms with Gasteiger partial charge in [0.05, 0.1) is 12.2 Å². The van der Waals surface area contributed by atoms with Crippen LogP contribution in [0.1, 0.15) is 46.5 Å². The summed E-state index contributed by atoms with van der Waals surface area (Å²) >= 11 is 0. The predicted molar refractivity (Wildman–Crippen MR) is 54.0 cm³/mol. The molecule has 1 heterocycles. The van der Waals surface area contributed by atoms with Gasteiger partial charge in [-0.15, -0.1) is 0 Å². The monoisotopic (exact) mass is 202 g/mol. The van der Waals surface area contributed by atoms with E-state index in [1.54, 1.807) is 0 Å². The van der Waals surface area contributed by atoms with Gasteiger partial charge in [0.2, 0.25) is 0 Å². The lowest BCUT2D eigenvalue weighted by Crippen LogP contribution is -2.37. The first-order chi connectivity index (χ1) is 6.65. The van der Waals surface area contributed by atoms with Crippen molar-refractivity contribution < 1.29 is 14.3 Å². The van der Waals surface area contributed by atoms with Crippen LogP contribution in [-0.2, 0) is 14.3 Å². The molecule has 0 saturated carbocycles. The van der Waals surface area contributed by atoms with Crippen LogP contribution in [0.2, 0.25) is 0 Å². The Labute approximate surface area is 85.8 Å². The van der Waals surface area contributed by atoms with E-state index in [-0.39, 0.29) is 24.3 Å². The molecule has 0 amide bonds. The molecule has 1 aliphatic heterocycles. The summed E-state index contributed by atoms with van der Waals surface area (Å²) in [4.78, 5) is 10.8. The Balaban J connectivity index is 2.46. The van der Waals surface area contributed by atoms with Crippen molar-refractivity contribution in [3.8, 4) is 0 Å². The third-order valence-corrected chi connectivity index (χ3v) is 2.68. The van der Waals surface area contributed by atoms with Gasteiger partial charge in [-0.25, -0.2) is 0 Å². The maximum atomic E-state index is 10.8. The van der Waals surface area contributed by atoms with Crippen molar-refractivity contribution in [2.24, 2.45) is 0 Å². The van der Waals surface area contributed by atoms with Crippen molar-refractivity contribution >= 4 is 5.97 Å². The Morgan fingerprint density at radius 1 is 1.29 bits per heavy atom. The first kappa shape index (κ1) is 11.5. The second-order valence-corrected chi connectivity index (χ2v) is 3.90. The maximum absolute atomic E-state index is 10.8. The fraction of sp³-hybridized carbons (Fsp3) is 0.909. The lowest BCUT2D eigenvalue weighted by atomic mass is 10.0. The van der Waals surface area contributed by atoms with E-state index in [0.717, 1.165) is 25.7 Å². The Morgan fingerprint density at radius 2 is 1.79 bits per heavy atom. The minimum atomic E-state index is -0.179. The zero-order valence-corrected chi connectivity index (χ0v) is 9.29. The maximum Gasteiger partial charge on any atom is 0.302 e. The van der Waals surface area contributed by atoms with Gasteiger partial charge in [-0.3, -0.25) is 4.79 Å². The zero-order valence-electron chi connectivity index (χ0n) is 9.29. The molecule has 82 valence electrons. The highest BCUT2D eigenvalue weighted by Crippen LogP contribution is 2.25. The van der Waals surface area contributed by atoms with Gasteiger partial charge in [-0.05, 0) is 12.8 Å². The first-order valence-electron chi connectivity index (χ1n) is 5.48. The van der Waals surface area contributed by atoms with Gasteiger partial charge in [0.15, 0.2) is 0 Å². The van der Waals surface area contributed by atoms with Gasteiger partial charge < -0.3 is 9.47 Å². The van der Waals surface area contributed by atoms with Crippen LogP contribution < -0.4 is 0 Å². The van der Waals surface area contributed by atoms with Gasteiger partial charge in [0.25, 0.3) is 0 Å². The summed E-state index contributed by atoms with van der Waals surface area (Å²) in [7, 11) is 0. The molecule has 1 aliphatic rings. The van der Waals surface area contributed by atoms with E-state index in [2.05, 4.69) is 13.8 Å². The van der Waals surface area contributed by atoms with Crippen LogP contribution in [-0.4, -0.2) is 24.3 Å². The van der Waals surface area contributed by atoms with Crippen molar-refractivity contribution in [2.45, 2.75) is 64.8 Å². The molecule has 0 spiro atoms. The van der Waals surface area contributed by atoms with Crippen LogP contribution >= 0.6 is 0 Å². The normalized spacial score (nSPS) is 32.6. The summed E-state index contributed by atoms with van der Waals surface area (Å²) in [6.07, 6.45) is 4.29. The molecule has 3 heteroatoms. The van der Waals surface area contributed by atoms with E-state index in [9.17, 15) is 4.79 Å². The SMILES string of the molecule is CC[C@@H]1CC(OC(C)=O)C[C@H](CC)[18O]1. The average Bonchev–Trinajstić information content (AvgIpc) is 2.16. The van der Waals surface area contributed by atoms with Gasteiger partial charge in [0.1, 0.15) is 6.10 Å². The van der Waals surface area contributed by atoms with Crippen molar-refractivity contribution in [3.63, 3.8) is 0 Å². The van der Waals surface area contributed by atoms with E-state index < -0.39 is 0 Å². The zero-order chi connectivity index (χ0) is 10.6. The van der Waals surface area contributed by atoms with Gasteiger partial charge in [-0.2, -0.15) is 0 Å². The molecule has 0 aromatic carbocycles. The van der Waals surface area contributed by atoms with E-state index >= 15 is 0 Å². The molecule has 0 aromatic rings. The molecular formula is C11H20O3. The Hall–Kier alpha value is -0.570. The molecule has 14 heavy (non-hydrogen) atoms. The molecular weight excluding hydrogens is 182 g/mol. The average molecular weight is 202 g/mol. The van der Waals surface area contributed by atoms with Crippen LogP contribution in [0.3, 0.4) is 0 Å². The van der Waals surface area contributed by atoms with E-state index in [0.29, 0.717) is 0 Å². The highest BCUT2D eigenvalue weighted by atomic mass is 18.3. The molecule has 1 unspecified atom stereocenters. The number of ether oxygens (including phenoxy) is 2. The van der Waals surface area contributed by atoms with Crippen molar-refractivity contribution in [1.29, 1.82) is 0 Å². The van der Waals surface area contributed by atoms with Gasteiger partial charge in [0, 0.05) is 19.8 Å². The Kier molecular flexibility index (Phi) is 4.39. The lowest BCUT2D eigenvalue weighted by Gasteiger charge is -2.34. The first-order valence-corrected chi connectivity index (χ1v) is 5.48. The molecule has 1 saturated heterocycles. The van der Waals surface area contributed by atoms with Crippen molar-refractivity contribution in [2.75, 3.05) is 0 Å². The highest BCUT2D eigenvalue weighted by molar-refractivity contribution is 5.66. The topological polar surface area (TPSA) is 35.5 Å². The summed E-state index contributed by atoms with van der Waals surface area (Å²) in [6.45, 7) is 5.68. The lowest BCUT2D eigenvalue weighted by molar-refractivity contribution is -0.159.